The molecule has 48 valence electrons. The Bertz CT molecular complexity index is 61.4. The van der Waals surface area contributed by atoms with Crippen LogP contribution in [0.15, 0.2) is 0 Å². The molecule has 0 spiro atoms. The molecule has 1 aliphatic rings. The summed E-state index contributed by atoms with van der Waals surface area (Å²) in [6, 6.07) is 0. The van der Waals surface area contributed by atoms with Crippen molar-refractivity contribution in [2.24, 2.45) is 0 Å². The third-order valence-electron chi connectivity index (χ3n) is 1.19. The van der Waals surface area contributed by atoms with E-state index in [0.29, 0.717) is 6.73 Å². The highest BCUT2D eigenvalue weighted by Gasteiger charge is 2.07. The van der Waals surface area contributed by atoms with Crippen LogP contribution in [0.1, 0.15) is 6.42 Å². The van der Waals surface area contributed by atoms with E-state index in [-0.39, 0.29) is 0 Å². The van der Waals surface area contributed by atoms with Crippen molar-refractivity contribution in [3.63, 3.8) is 0 Å². The van der Waals surface area contributed by atoms with E-state index in [4.69, 9.17) is 9.57 Å². The lowest BCUT2D eigenvalue weighted by molar-refractivity contribution is -0.209. The van der Waals surface area contributed by atoms with Gasteiger partial charge in [0.15, 0.2) is 0 Å². The SMILES string of the molecule is CON1CCCOC1. The highest BCUT2D eigenvalue weighted by molar-refractivity contribution is 4.45. The van der Waals surface area contributed by atoms with Gasteiger partial charge in [-0.15, -0.1) is 0 Å². The Morgan fingerprint density at radius 1 is 1.62 bits per heavy atom. The molecular weight excluding hydrogens is 106 g/mol. The second-order valence-electron chi connectivity index (χ2n) is 1.78. The van der Waals surface area contributed by atoms with Crippen LogP contribution in [0.25, 0.3) is 0 Å². The average molecular weight is 117 g/mol. The summed E-state index contributed by atoms with van der Waals surface area (Å²) >= 11 is 0. The molecule has 0 aromatic rings. The summed E-state index contributed by atoms with van der Waals surface area (Å²) in [6.45, 7) is 2.49. The Labute approximate surface area is 49.1 Å². The molecule has 1 saturated heterocycles. The highest BCUT2D eigenvalue weighted by atomic mass is 16.7. The fourth-order valence-corrected chi connectivity index (χ4v) is 0.718. The molecule has 0 radical (unpaired) electrons. The summed E-state index contributed by atoms with van der Waals surface area (Å²) in [5, 5.41) is 1.80. The van der Waals surface area contributed by atoms with Gasteiger partial charge in [-0.25, -0.2) is 0 Å². The molecule has 1 aliphatic heterocycles. The Hall–Kier alpha value is -0.120. The summed E-state index contributed by atoms with van der Waals surface area (Å²) in [7, 11) is 1.66. The first kappa shape index (κ1) is 6.01. The minimum Gasteiger partial charge on any atom is -0.364 e. The van der Waals surface area contributed by atoms with Gasteiger partial charge < -0.3 is 9.57 Å². The van der Waals surface area contributed by atoms with Gasteiger partial charge in [-0.1, -0.05) is 0 Å². The van der Waals surface area contributed by atoms with Gasteiger partial charge in [0.25, 0.3) is 0 Å². The van der Waals surface area contributed by atoms with Crippen LogP contribution in [-0.2, 0) is 9.57 Å². The molecule has 3 heteroatoms. The Kier molecular flexibility index (Phi) is 2.27. The van der Waals surface area contributed by atoms with E-state index in [0.717, 1.165) is 19.6 Å². The van der Waals surface area contributed by atoms with Crippen molar-refractivity contribution in [2.45, 2.75) is 6.42 Å². The average Bonchev–Trinajstić information content (AvgIpc) is 1.90. The van der Waals surface area contributed by atoms with Gasteiger partial charge >= 0.3 is 0 Å². The summed E-state index contributed by atoms with van der Waals surface area (Å²) in [4.78, 5) is 4.90. The van der Waals surface area contributed by atoms with Gasteiger partial charge in [-0.2, -0.15) is 5.06 Å². The number of nitrogens with zero attached hydrogens (tertiary/aromatic N) is 1. The molecule has 1 fully saturated rings. The quantitative estimate of drug-likeness (QED) is 0.490. The topological polar surface area (TPSA) is 21.7 Å². The molecule has 1 heterocycles. The minimum absolute atomic E-state index is 0.622. The fourth-order valence-electron chi connectivity index (χ4n) is 0.718. The number of ether oxygens (including phenoxy) is 1. The molecule has 0 aromatic carbocycles. The Balaban J connectivity index is 2.13. The smallest absolute Gasteiger partial charge is 0.122 e. The second kappa shape index (κ2) is 3.02. The molecule has 0 N–H and O–H groups in total. The van der Waals surface area contributed by atoms with Crippen LogP contribution in [-0.4, -0.2) is 32.1 Å². The lowest BCUT2D eigenvalue weighted by Gasteiger charge is -2.23. The molecule has 0 aliphatic carbocycles. The molecule has 0 saturated carbocycles. The highest BCUT2D eigenvalue weighted by Crippen LogP contribution is 1.98. The Morgan fingerprint density at radius 3 is 2.88 bits per heavy atom. The van der Waals surface area contributed by atoms with Gasteiger partial charge in [-0.05, 0) is 6.42 Å². The normalized spacial score (nSPS) is 23.6. The van der Waals surface area contributed by atoms with Crippen LogP contribution >= 0.6 is 0 Å². The van der Waals surface area contributed by atoms with E-state index >= 15 is 0 Å². The summed E-state index contributed by atoms with van der Waals surface area (Å²) in [5.74, 6) is 0. The van der Waals surface area contributed by atoms with E-state index in [1.807, 2.05) is 0 Å². The zero-order chi connectivity index (χ0) is 5.82. The van der Waals surface area contributed by atoms with Crippen molar-refractivity contribution in [1.29, 1.82) is 0 Å². The van der Waals surface area contributed by atoms with Crippen LogP contribution < -0.4 is 0 Å². The zero-order valence-electron chi connectivity index (χ0n) is 5.09. The van der Waals surface area contributed by atoms with Crippen LogP contribution in [0.5, 0.6) is 0 Å². The van der Waals surface area contributed by atoms with Crippen molar-refractivity contribution in [2.75, 3.05) is 27.0 Å². The maximum Gasteiger partial charge on any atom is 0.122 e. The molecule has 3 nitrogen and oxygen atoms in total. The predicted molar refractivity (Wildman–Crippen MR) is 29.2 cm³/mol. The summed E-state index contributed by atoms with van der Waals surface area (Å²) < 4.78 is 5.07. The van der Waals surface area contributed by atoms with Crippen LogP contribution in [0.3, 0.4) is 0 Å². The van der Waals surface area contributed by atoms with Gasteiger partial charge in [-0.3, -0.25) is 0 Å². The van der Waals surface area contributed by atoms with Crippen molar-refractivity contribution >= 4 is 0 Å². The maximum absolute atomic E-state index is 5.07. The van der Waals surface area contributed by atoms with Gasteiger partial charge in [0.1, 0.15) is 6.73 Å². The summed E-state index contributed by atoms with van der Waals surface area (Å²) in [5.41, 5.74) is 0. The van der Waals surface area contributed by atoms with Crippen LogP contribution in [0, 0.1) is 0 Å². The maximum atomic E-state index is 5.07. The predicted octanol–water partition coefficient (Wildman–Crippen LogP) is 0.228. The van der Waals surface area contributed by atoms with Crippen molar-refractivity contribution in [1.82, 2.24) is 5.06 Å². The van der Waals surface area contributed by atoms with E-state index in [1.165, 1.54) is 0 Å². The molecule has 0 atom stereocenters. The largest absolute Gasteiger partial charge is 0.364 e. The van der Waals surface area contributed by atoms with E-state index < -0.39 is 0 Å². The Morgan fingerprint density at radius 2 is 2.50 bits per heavy atom. The summed E-state index contributed by atoms with van der Waals surface area (Å²) in [6.07, 6.45) is 1.08. The van der Waals surface area contributed by atoms with Crippen LogP contribution in [0.2, 0.25) is 0 Å². The fraction of sp³-hybridized carbons (Fsp3) is 1.00. The van der Waals surface area contributed by atoms with Crippen molar-refractivity contribution in [3.8, 4) is 0 Å². The third-order valence-corrected chi connectivity index (χ3v) is 1.19. The first-order chi connectivity index (χ1) is 3.93. The van der Waals surface area contributed by atoms with Crippen molar-refractivity contribution in [3.05, 3.63) is 0 Å². The molecule has 0 unspecified atom stereocenters. The molecular formula is C5H11NO2. The van der Waals surface area contributed by atoms with Crippen molar-refractivity contribution < 1.29 is 9.57 Å². The lowest BCUT2D eigenvalue weighted by Crippen LogP contribution is -2.31. The first-order valence-corrected chi connectivity index (χ1v) is 2.80. The first-order valence-electron chi connectivity index (χ1n) is 2.80. The standard InChI is InChI=1S/C5H11NO2/c1-7-6-3-2-4-8-5-6/h2-5H2,1H3. The van der Waals surface area contributed by atoms with E-state index in [2.05, 4.69) is 0 Å². The molecule has 0 bridgehead atoms. The van der Waals surface area contributed by atoms with Crippen LogP contribution in [0.4, 0.5) is 0 Å². The van der Waals surface area contributed by atoms with Gasteiger partial charge in [0.2, 0.25) is 0 Å². The van der Waals surface area contributed by atoms with E-state index in [9.17, 15) is 0 Å². The molecule has 0 aromatic heterocycles. The van der Waals surface area contributed by atoms with Gasteiger partial charge in [0.05, 0.1) is 7.11 Å². The number of rotatable bonds is 1. The minimum atomic E-state index is 0.622. The third kappa shape index (κ3) is 1.43. The molecule has 0 amide bonds. The number of hydrogen-bond donors (Lipinski definition) is 0. The number of hydroxylamine groups is 2. The van der Waals surface area contributed by atoms with E-state index in [1.54, 1.807) is 12.2 Å². The second-order valence-corrected chi connectivity index (χ2v) is 1.78. The zero-order valence-corrected chi connectivity index (χ0v) is 5.09. The molecule has 8 heavy (non-hydrogen) atoms. The lowest BCUT2D eigenvalue weighted by atomic mass is 10.4. The number of hydrogen-bond acceptors (Lipinski definition) is 3. The molecule has 1 rings (SSSR count). The monoisotopic (exact) mass is 117 g/mol. The van der Waals surface area contributed by atoms with Gasteiger partial charge in [0, 0.05) is 13.2 Å².